The number of anilines is 1. The lowest BCUT2D eigenvalue weighted by Gasteiger charge is -2.23. The number of nitriles is 1. The topological polar surface area (TPSA) is 88.2 Å². The van der Waals surface area contributed by atoms with Crippen molar-refractivity contribution in [1.82, 2.24) is 0 Å². The van der Waals surface area contributed by atoms with E-state index in [4.69, 9.17) is 10.00 Å². The Labute approximate surface area is 118 Å². The first kappa shape index (κ1) is 15.9. The molecule has 0 amide bonds. The van der Waals surface area contributed by atoms with Crippen molar-refractivity contribution in [2.24, 2.45) is 5.92 Å². The van der Waals surface area contributed by atoms with Gasteiger partial charge >= 0.3 is 0 Å². The fraction of sp³-hybridized carbons (Fsp3) is 0.500. The van der Waals surface area contributed by atoms with Gasteiger partial charge in [-0.3, -0.25) is 10.1 Å². The molecule has 0 fully saturated rings. The van der Waals surface area contributed by atoms with E-state index >= 15 is 0 Å². The number of ether oxygens (including phenoxy) is 1. The van der Waals surface area contributed by atoms with Crippen LogP contribution in [0, 0.1) is 27.4 Å². The summed E-state index contributed by atoms with van der Waals surface area (Å²) < 4.78 is 5.39. The van der Waals surface area contributed by atoms with Gasteiger partial charge in [0.25, 0.3) is 5.69 Å². The van der Waals surface area contributed by atoms with Crippen molar-refractivity contribution < 1.29 is 9.66 Å². The average Bonchev–Trinajstić information content (AvgIpc) is 2.42. The molecule has 20 heavy (non-hydrogen) atoms. The van der Waals surface area contributed by atoms with Crippen LogP contribution in [0.1, 0.15) is 26.3 Å². The molecule has 6 heteroatoms. The summed E-state index contributed by atoms with van der Waals surface area (Å²) in [6.07, 6.45) is 0. The van der Waals surface area contributed by atoms with Gasteiger partial charge in [0, 0.05) is 12.7 Å². The van der Waals surface area contributed by atoms with Crippen LogP contribution in [0.5, 0.6) is 0 Å². The molecular formula is C14H19N3O3. The number of rotatable bonds is 7. The maximum atomic E-state index is 11.0. The molecule has 0 aromatic heterocycles. The minimum atomic E-state index is -0.457. The molecule has 1 aromatic rings. The predicted octanol–water partition coefficient (Wildman–Crippen LogP) is 2.94. The van der Waals surface area contributed by atoms with E-state index in [1.54, 1.807) is 0 Å². The Balaban J connectivity index is 3.03. The molecule has 1 unspecified atom stereocenters. The van der Waals surface area contributed by atoms with E-state index < -0.39 is 4.92 Å². The van der Waals surface area contributed by atoms with E-state index in [2.05, 4.69) is 5.32 Å². The molecule has 6 nitrogen and oxygen atoms in total. The first-order valence-electron chi connectivity index (χ1n) is 6.52. The van der Waals surface area contributed by atoms with Crippen molar-refractivity contribution in [3.05, 3.63) is 33.9 Å². The van der Waals surface area contributed by atoms with Crippen LogP contribution < -0.4 is 5.32 Å². The molecule has 0 radical (unpaired) electrons. The standard InChI is InChI=1S/C14H19N3O3/c1-4-20-9-13(10(2)3)16-12-7-11(8-15)5-6-14(12)17(18)19/h5-7,10,13,16H,4,9H2,1-3H3. The molecule has 0 heterocycles. The number of nitro benzene ring substituents is 1. The number of nitrogens with one attached hydrogen (secondary N) is 1. The highest BCUT2D eigenvalue weighted by atomic mass is 16.6. The SMILES string of the molecule is CCOCC(Nc1cc(C#N)ccc1[N+](=O)[O-])C(C)C. The largest absolute Gasteiger partial charge is 0.380 e. The molecule has 0 aliphatic heterocycles. The van der Waals surface area contributed by atoms with Gasteiger partial charge in [-0.25, -0.2) is 0 Å². The Hall–Kier alpha value is -2.13. The van der Waals surface area contributed by atoms with Crippen molar-refractivity contribution in [3.8, 4) is 6.07 Å². The maximum Gasteiger partial charge on any atom is 0.292 e. The lowest BCUT2D eigenvalue weighted by atomic mass is 10.0. The van der Waals surface area contributed by atoms with Gasteiger partial charge in [0.15, 0.2) is 0 Å². The second-order valence-electron chi connectivity index (χ2n) is 4.76. The molecular weight excluding hydrogens is 258 g/mol. The average molecular weight is 277 g/mol. The smallest absolute Gasteiger partial charge is 0.292 e. The summed E-state index contributed by atoms with van der Waals surface area (Å²) in [5.41, 5.74) is 0.704. The van der Waals surface area contributed by atoms with Gasteiger partial charge in [0.05, 0.1) is 29.2 Å². The molecule has 1 rings (SSSR count). The number of hydrogen-bond donors (Lipinski definition) is 1. The van der Waals surface area contributed by atoms with E-state index in [9.17, 15) is 10.1 Å². The van der Waals surface area contributed by atoms with E-state index in [0.717, 1.165) is 0 Å². The van der Waals surface area contributed by atoms with E-state index in [0.29, 0.717) is 24.5 Å². The van der Waals surface area contributed by atoms with Gasteiger partial charge in [0.2, 0.25) is 0 Å². The zero-order chi connectivity index (χ0) is 15.1. The molecule has 0 aliphatic rings. The molecule has 0 saturated heterocycles. The van der Waals surface area contributed by atoms with E-state index in [1.165, 1.54) is 18.2 Å². The Morgan fingerprint density at radius 3 is 2.70 bits per heavy atom. The quantitative estimate of drug-likeness (QED) is 0.611. The fourth-order valence-corrected chi connectivity index (χ4v) is 1.73. The zero-order valence-corrected chi connectivity index (χ0v) is 11.9. The number of benzene rings is 1. The number of nitro groups is 1. The van der Waals surface area contributed by atoms with Crippen LogP contribution in [0.4, 0.5) is 11.4 Å². The van der Waals surface area contributed by atoms with Gasteiger partial charge in [-0.05, 0) is 25.0 Å². The summed E-state index contributed by atoms with van der Waals surface area (Å²) in [5, 5.41) is 23.1. The second kappa shape index (κ2) is 7.46. The summed E-state index contributed by atoms with van der Waals surface area (Å²) in [7, 11) is 0. The van der Waals surface area contributed by atoms with Crippen LogP contribution in [0.3, 0.4) is 0 Å². The molecule has 0 spiro atoms. The van der Waals surface area contributed by atoms with Crippen molar-refractivity contribution in [3.63, 3.8) is 0 Å². The Bertz CT molecular complexity index is 509. The molecule has 1 N–H and O–H groups in total. The molecule has 108 valence electrons. The van der Waals surface area contributed by atoms with Gasteiger partial charge < -0.3 is 10.1 Å². The summed E-state index contributed by atoms with van der Waals surface area (Å²) in [6, 6.07) is 6.22. The molecule has 0 bridgehead atoms. The minimum Gasteiger partial charge on any atom is -0.380 e. The summed E-state index contributed by atoms with van der Waals surface area (Å²) in [5.74, 6) is 0.242. The highest BCUT2D eigenvalue weighted by molar-refractivity contribution is 5.64. The van der Waals surface area contributed by atoms with Gasteiger partial charge in [-0.2, -0.15) is 5.26 Å². The van der Waals surface area contributed by atoms with Gasteiger partial charge in [-0.15, -0.1) is 0 Å². The van der Waals surface area contributed by atoms with Crippen LogP contribution in [-0.4, -0.2) is 24.2 Å². The Morgan fingerprint density at radius 2 is 2.20 bits per heavy atom. The van der Waals surface area contributed by atoms with Crippen molar-refractivity contribution in [1.29, 1.82) is 5.26 Å². The summed E-state index contributed by atoms with van der Waals surface area (Å²) in [4.78, 5) is 10.6. The van der Waals surface area contributed by atoms with E-state index in [-0.39, 0.29) is 17.6 Å². The third-order valence-corrected chi connectivity index (χ3v) is 2.97. The van der Waals surface area contributed by atoms with Crippen LogP contribution >= 0.6 is 0 Å². The van der Waals surface area contributed by atoms with Crippen LogP contribution in [0.25, 0.3) is 0 Å². The third kappa shape index (κ3) is 4.21. The normalized spacial score (nSPS) is 11.9. The van der Waals surface area contributed by atoms with Crippen molar-refractivity contribution in [2.75, 3.05) is 18.5 Å². The van der Waals surface area contributed by atoms with Crippen LogP contribution in [-0.2, 0) is 4.74 Å². The minimum absolute atomic E-state index is 0.0360. The van der Waals surface area contributed by atoms with Crippen LogP contribution in [0.15, 0.2) is 18.2 Å². The summed E-state index contributed by atoms with van der Waals surface area (Å²) in [6.45, 7) is 6.97. The van der Waals surface area contributed by atoms with Crippen LogP contribution in [0.2, 0.25) is 0 Å². The Morgan fingerprint density at radius 1 is 1.50 bits per heavy atom. The predicted molar refractivity (Wildman–Crippen MR) is 76.6 cm³/mol. The number of nitrogens with zero attached hydrogens (tertiary/aromatic N) is 2. The highest BCUT2D eigenvalue weighted by Crippen LogP contribution is 2.27. The fourth-order valence-electron chi connectivity index (χ4n) is 1.73. The third-order valence-electron chi connectivity index (χ3n) is 2.97. The Kier molecular flexibility index (Phi) is 5.94. The van der Waals surface area contributed by atoms with E-state index in [1.807, 2.05) is 26.8 Å². The van der Waals surface area contributed by atoms with Crippen molar-refractivity contribution >= 4 is 11.4 Å². The zero-order valence-electron chi connectivity index (χ0n) is 11.9. The first-order valence-corrected chi connectivity index (χ1v) is 6.52. The first-order chi connectivity index (χ1) is 9.49. The maximum absolute atomic E-state index is 11.0. The van der Waals surface area contributed by atoms with Gasteiger partial charge in [0.1, 0.15) is 5.69 Å². The van der Waals surface area contributed by atoms with Gasteiger partial charge in [-0.1, -0.05) is 13.8 Å². The molecule has 0 aliphatic carbocycles. The highest BCUT2D eigenvalue weighted by Gasteiger charge is 2.20. The molecule has 1 aromatic carbocycles. The monoisotopic (exact) mass is 277 g/mol. The number of hydrogen-bond acceptors (Lipinski definition) is 5. The van der Waals surface area contributed by atoms with Crippen molar-refractivity contribution in [2.45, 2.75) is 26.8 Å². The lowest BCUT2D eigenvalue weighted by Crippen LogP contribution is -2.31. The molecule has 0 saturated carbocycles. The summed E-state index contributed by atoms with van der Waals surface area (Å²) >= 11 is 0. The lowest BCUT2D eigenvalue weighted by molar-refractivity contribution is -0.384. The molecule has 1 atom stereocenters. The second-order valence-corrected chi connectivity index (χ2v) is 4.76.